The third kappa shape index (κ3) is 12.2. The second-order valence-electron chi connectivity index (χ2n) is 4.26. The van der Waals surface area contributed by atoms with Gasteiger partial charge in [-0.2, -0.15) is 0 Å². The Hall–Kier alpha value is -2.00. The summed E-state index contributed by atoms with van der Waals surface area (Å²) in [7, 11) is 0. The molecule has 23 heavy (non-hydrogen) atoms. The Kier molecular flexibility index (Phi) is 20.3. The number of aryl methyl sites for hydroxylation is 2. The van der Waals surface area contributed by atoms with E-state index in [1.807, 2.05) is 65.0 Å². The van der Waals surface area contributed by atoms with Crippen LogP contribution in [0.1, 0.15) is 64.3 Å². The molecular weight excluding hydrogens is 276 g/mol. The summed E-state index contributed by atoms with van der Waals surface area (Å²) in [5.41, 5.74) is 5.27. The van der Waals surface area contributed by atoms with Crippen molar-refractivity contribution >= 4 is 0 Å². The van der Waals surface area contributed by atoms with E-state index in [2.05, 4.69) is 50.8 Å². The van der Waals surface area contributed by atoms with Gasteiger partial charge in [0.1, 0.15) is 0 Å². The Labute approximate surface area is 146 Å². The summed E-state index contributed by atoms with van der Waals surface area (Å²) in [6.45, 7) is 16.3. The molecule has 0 heterocycles. The molecule has 0 unspecified atom stereocenters. The number of hydrogen-bond acceptors (Lipinski definition) is 0. The molecule has 0 spiro atoms. The fourth-order valence-electron chi connectivity index (χ4n) is 1.56. The molecule has 0 aliphatic carbocycles. The Balaban J connectivity index is -0.000000276. The van der Waals surface area contributed by atoms with Gasteiger partial charge in [-0.1, -0.05) is 77.4 Å². The summed E-state index contributed by atoms with van der Waals surface area (Å²) < 4.78 is 0. The maximum absolute atomic E-state index is 2.96. The van der Waals surface area contributed by atoms with Gasteiger partial charge in [0.15, 0.2) is 0 Å². The van der Waals surface area contributed by atoms with Crippen molar-refractivity contribution in [3.05, 3.63) is 70.8 Å². The molecule has 0 atom stereocenters. The summed E-state index contributed by atoms with van der Waals surface area (Å²) in [5.74, 6) is 5.79. The van der Waals surface area contributed by atoms with Crippen molar-refractivity contribution < 1.29 is 0 Å². The van der Waals surface area contributed by atoms with Gasteiger partial charge in [-0.15, -0.1) is 5.92 Å². The predicted octanol–water partition coefficient (Wildman–Crippen LogP) is 7.36. The lowest BCUT2D eigenvalue weighted by Crippen LogP contribution is -1.82. The summed E-state index contributed by atoms with van der Waals surface area (Å²) in [6.07, 6.45) is 0. The maximum Gasteiger partial charge on any atom is 0.0245 e. The van der Waals surface area contributed by atoms with Crippen LogP contribution in [0.15, 0.2) is 48.5 Å². The zero-order chi connectivity index (χ0) is 17.4. The van der Waals surface area contributed by atoms with Crippen molar-refractivity contribution in [3.63, 3.8) is 0 Å². The Morgan fingerprint density at radius 1 is 0.652 bits per heavy atom. The quantitative estimate of drug-likeness (QED) is 0.446. The van der Waals surface area contributed by atoms with Gasteiger partial charge in [0.25, 0.3) is 0 Å². The van der Waals surface area contributed by atoms with Crippen LogP contribution in [0.2, 0.25) is 0 Å². The number of rotatable bonds is 0. The van der Waals surface area contributed by atoms with Gasteiger partial charge in [0, 0.05) is 5.56 Å². The van der Waals surface area contributed by atoms with Crippen molar-refractivity contribution in [2.45, 2.75) is 62.8 Å². The molecule has 0 heteroatoms. The zero-order valence-corrected chi connectivity index (χ0v) is 15.6. The minimum Gasteiger partial charge on any atom is -0.101 e. The zero-order valence-electron chi connectivity index (χ0n) is 15.6. The van der Waals surface area contributed by atoms with E-state index in [0.29, 0.717) is 0 Å². The van der Waals surface area contributed by atoms with E-state index in [-0.39, 0.29) is 7.43 Å². The van der Waals surface area contributed by atoms with Gasteiger partial charge in [-0.25, -0.2) is 0 Å². The van der Waals surface area contributed by atoms with Crippen molar-refractivity contribution in [2.24, 2.45) is 0 Å². The molecule has 128 valence electrons. The second-order valence-corrected chi connectivity index (χ2v) is 4.26. The molecule has 0 N–H and O–H groups in total. The first kappa shape index (κ1) is 25.9. The van der Waals surface area contributed by atoms with E-state index in [4.69, 9.17) is 0 Å². The largest absolute Gasteiger partial charge is 0.101 e. The lowest BCUT2D eigenvalue weighted by molar-refractivity contribution is 1.27. The minimum absolute atomic E-state index is 0. The molecule has 0 aliphatic heterocycles. The Morgan fingerprint density at radius 3 is 1.43 bits per heavy atom. The van der Waals surface area contributed by atoms with E-state index in [1.54, 1.807) is 0 Å². The van der Waals surface area contributed by atoms with Crippen LogP contribution >= 0.6 is 0 Å². The highest BCUT2D eigenvalue weighted by molar-refractivity contribution is 5.33. The predicted molar refractivity (Wildman–Crippen MR) is 109 cm³/mol. The van der Waals surface area contributed by atoms with Gasteiger partial charge in [0.2, 0.25) is 0 Å². The molecule has 0 aliphatic rings. The Morgan fingerprint density at radius 2 is 1.09 bits per heavy atom. The van der Waals surface area contributed by atoms with Crippen LogP contribution < -0.4 is 0 Å². The van der Waals surface area contributed by atoms with E-state index in [1.165, 1.54) is 16.7 Å². The molecule has 0 saturated carbocycles. The summed E-state index contributed by atoms with van der Waals surface area (Å²) in [4.78, 5) is 0. The van der Waals surface area contributed by atoms with Gasteiger partial charge >= 0.3 is 0 Å². The van der Waals surface area contributed by atoms with Crippen LogP contribution in [0.4, 0.5) is 0 Å². The lowest BCUT2D eigenvalue weighted by Gasteiger charge is -2.00. The van der Waals surface area contributed by atoms with Crippen molar-refractivity contribution in [1.82, 2.24) is 0 Å². The maximum atomic E-state index is 2.96. The number of benzene rings is 2. The molecule has 0 bridgehead atoms. The topological polar surface area (TPSA) is 0 Å². The van der Waals surface area contributed by atoms with Crippen molar-refractivity contribution in [2.75, 3.05) is 0 Å². The summed E-state index contributed by atoms with van der Waals surface area (Å²) in [6, 6.07) is 16.3. The van der Waals surface area contributed by atoms with E-state index in [0.717, 1.165) is 5.56 Å². The third-order valence-corrected chi connectivity index (χ3v) is 2.92. The fraction of sp³-hybridized carbons (Fsp3) is 0.391. The van der Waals surface area contributed by atoms with E-state index < -0.39 is 0 Å². The smallest absolute Gasteiger partial charge is 0.0245 e. The van der Waals surface area contributed by atoms with Crippen LogP contribution in [-0.2, 0) is 0 Å². The first-order valence-electron chi connectivity index (χ1n) is 8.15. The fourth-order valence-corrected chi connectivity index (χ4v) is 1.56. The summed E-state index contributed by atoms with van der Waals surface area (Å²) >= 11 is 0. The van der Waals surface area contributed by atoms with Crippen LogP contribution in [0.5, 0.6) is 0 Å². The van der Waals surface area contributed by atoms with Crippen LogP contribution in [0.25, 0.3) is 0 Å². The van der Waals surface area contributed by atoms with Gasteiger partial charge < -0.3 is 0 Å². The lowest BCUT2D eigenvalue weighted by atomic mass is 10.1. The molecule has 2 aromatic rings. The molecule has 2 aromatic carbocycles. The Bertz CT molecular complexity index is 519. The molecule has 0 amide bonds. The van der Waals surface area contributed by atoms with E-state index >= 15 is 0 Å². The third-order valence-electron chi connectivity index (χ3n) is 2.92. The van der Waals surface area contributed by atoms with Crippen LogP contribution in [0.3, 0.4) is 0 Å². The highest BCUT2D eigenvalue weighted by Crippen LogP contribution is 2.09. The number of hydrogen-bond donors (Lipinski definition) is 0. The summed E-state index contributed by atoms with van der Waals surface area (Å²) in [5, 5.41) is 0. The van der Waals surface area contributed by atoms with E-state index in [9.17, 15) is 0 Å². The SMILES string of the molecule is C.CC.CC.CC#Cc1ccccc1.Cc1cccc(C)c1C. The molecule has 0 nitrogen and oxygen atoms in total. The monoisotopic (exact) mass is 312 g/mol. The second kappa shape index (κ2) is 18.1. The van der Waals surface area contributed by atoms with Crippen LogP contribution in [0, 0.1) is 32.6 Å². The normalized spacial score (nSPS) is 7.30. The molecule has 0 saturated heterocycles. The van der Waals surface area contributed by atoms with Crippen LogP contribution in [-0.4, -0.2) is 0 Å². The van der Waals surface area contributed by atoms with Crippen molar-refractivity contribution in [1.29, 1.82) is 0 Å². The van der Waals surface area contributed by atoms with Gasteiger partial charge in [-0.05, 0) is 56.5 Å². The first-order valence-corrected chi connectivity index (χ1v) is 8.15. The average Bonchev–Trinajstić information content (AvgIpc) is 2.58. The average molecular weight is 313 g/mol. The van der Waals surface area contributed by atoms with Gasteiger partial charge in [-0.3, -0.25) is 0 Å². The molecule has 0 aromatic heterocycles. The highest BCUT2D eigenvalue weighted by atomic mass is 14.0. The van der Waals surface area contributed by atoms with Gasteiger partial charge in [0.05, 0.1) is 0 Å². The molecule has 2 rings (SSSR count). The first-order chi connectivity index (χ1) is 10.6. The standard InChI is InChI=1S/C9H12.C9H8.2C2H6.CH4/c1-7-5-4-6-8(2)9(7)3;1-2-6-9-7-4-3-5-8-9;2*1-2;/h4-6H,1-3H3;3-5,7-8H,1H3;2*1-2H3;1H4. The van der Waals surface area contributed by atoms with Crippen molar-refractivity contribution in [3.8, 4) is 11.8 Å². The molecular formula is C23H36. The molecule has 0 radical (unpaired) electrons. The highest BCUT2D eigenvalue weighted by Gasteiger charge is 1.91. The minimum atomic E-state index is 0. The molecule has 0 fully saturated rings.